The molecule has 1 saturated heterocycles. The zero-order valence-electron chi connectivity index (χ0n) is 11.7. The van der Waals surface area contributed by atoms with Crippen molar-refractivity contribution in [1.29, 1.82) is 0 Å². The first-order valence-electron chi connectivity index (χ1n) is 6.95. The lowest BCUT2D eigenvalue weighted by Gasteiger charge is -2.33. The number of nitrogens with zero attached hydrogens (tertiary/aromatic N) is 2. The summed E-state index contributed by atoms with van der Waals surface area (Å²) in [6.07, 6.45) is 2.95. The van der Waals surface area contributed by atoms with Gasteiger partial charge in [-0.1, -0.05) is 0 Å². The largest absolute Gasteiger partial charge is 0.462 e. The summed E-state index contributed by atoms with van der Waals surface area (Å²) in [5.41, 5.74) is 6.19. The lowest BCUT2D eigenvalue weighted by molar-refractivity contribution is 0.0528. The molecule has 0 aliphatic carbocycles. The van der Waals surface area contributed by atoms with E-state index in [2.05, 4.69) is 9.27 Å². The molecule has 1 fully saturated rings. The zero-order valence-corrected chi connectivity index (χ0v) is 12.5. The molecule has 1 aliphatic heterocycles. The van der Waals surface area contributed by atoms with Gasteiger partial charge in [0.1, 0.15) is 10.6 Å². The van der Waals surface area contributed by atoms with Gasteiger partial charge in [-0.25, -0.2) is 4.79 Å². The fraction of sp³-hybridized carbons (Fsp3) is 0.692. The summed E-state index contributed by atoms with van der Waals surface area (Å²) >= 11 is 1.24. The molecule has 1 aliphatic rings. The first kappa shape index (κ1) is 15.1. The quantitative estimate of drug-likeness (QED) is 0.801. The summed E-state index contributed by atoms with van der Waals surface area (Å²) in [7, 11) is 0. The highest BCUT2D eigenvalue weighted by molar-refractivity contribution is 7.11. The van der Waals surface area contributed by atoms with Gasteiger partial charge in [0.15, 0.2) is 5.82 Å². The van der Waals surface area contributed by atoms with Crippen LogP contribution in [-0.4, -0.2) is 41.8 Å². The molecule has 0 aromatic carbocycles. The van der Waals surface area contributed by atoms with Gasteiger partial charge in [-0.2, -0.15) is 4.37 Å². The fourth-order valence-electron chi connectivity index (χ4n) is 2.57. The van der Waals surface area contributed by atoms with E-state index >= 15 is 0 Å². The standard InChI is InChI=1S/C13H21N3O3S/c1-2-19-13(18)10-11(14)15-20-12(10)16-6-3-4-9(8-16)5-7-17/h9,17H,2-8H2,1H3,(H2,14,15). The highest BCUT2D eigenvalue weighted by Gasteiger charge is 2.28. The predicted molar refractivity (Wildman–Crippen MR) is 79.1 cm³/mol. The molecule has 3 N–H and O–H groups in total. The maximum atomic E-state index is 12.0. The molecule has 2 rings (SSSR count). The third-order valence-electron chi connectivity index (χ3n) is 3.52. The molecule has 0 bridgehead atoms. The van der Waals surface area contributed by atoms with Gasteiger partial charge in [0.2, 0.25) is 0 Å². The summed E-state index contributed by atoms with van der Waals surface area (Å²) in [6, 6.07) is 0. The number of esters is 1. The van der Waals surface area contributed by atoms with E-state index in [-0.39, 0.29) is 12.4 Å². The van der Waals surface area contributed by atoms with Gasteiger partial charge in [0.25, 0.3) is 0 Å². The Kier molecular flexibility index (Phi) is 5.19. The number of ether oxygens (including phenoxy) is 1. The number of hydrogen-bond donors (Lipinski definition) is 2. The van der Waals surface area contributed by atoms with Gasteiger partial charge in [0, 0.05) is 19.7 Å². The topological polar surface area (TPSA) is 88.7 Å². The number of aliphatic hydroxyl groups is 1. The van der Waals surface area contributed by atoms with Crippen LogP contribution in [0.1, 0.15) is 36.5 Å². The van der Waals surface area contributed by atoms with Crippen molar-refractivity contribution in [3.05, 3.63) is 5.56 Å². The summed E-state index contributed by atoms with van der Waals surface area (Å²) < 4.78 is 9.15. The Labute approximate surface area is 122 Å². The van der Waals surface area contributed by atoms with E-state index in [1.54, 1.807) is 6.92 Å². The lowest BCUT2D eigenvalue weighted by Crippen LogP contribution is -2.36. The summed E-state index contributed by atoms with van der Waals surface area (Å²) in [5, 5.41) is 9.86. The maximum absolute atomic E-state index is 12.0. The van der Waals surface area contributed by atoms with Crippen LogP contribution in [0, 0.1) is 5.92 Å². The number of aromatic nitrogens is 1. The van der Waals surface area contributed by atoms with Gasteiger partial charge in [-0.3, -0.25) is 0 Å². The van der Waals surface area contributed by atoms with Gasteiger partial charge in [0.05, 0.1) is 6.61 Å². The van der Waals surface area contributed by atoms with Crippen molar-refractivity contribution in [2.45, 2.75) is 26.2 Å². The Hall–Kier alpha value is -1.34. The summed E-state index contributed by atoms with van der Waals surface area (Å²) in [5.74, 6) is 0.290. The number of aliphatic hydroxyl groups excluding tert-OH is 1. The van der Waals surface area contributed by atoms with Crippen LogP contribution in [0.5, 0.6) is 0 Å². The molecule has 7 heteroatoms. The average molecular weight is 299 g/mol. The Morgan fingerprint density at radius 1 is 1.65 bits per heavy atom. The maximum Gasteiger partial charge on any atom is 0.345 e. The van der Waals surface area contributed by atoms with E-state index in [4.69, 9.17) is 15.6 Å². The highest BCUT2D eigenvalue weighted by Crippen LogP contribution is 2.34. The van der Waals surface area contributed by atoms with Gasteiger partial charge in [-0.05, 0) is 43.6 Å². The van der Waals surface area contributed by atoms with Crippen LogP contribution in [0.15, 0.2) is 0 Å². The van der Waals surface area contributed by atoms with Crippen molar-refractivity contribution in [3.63, 3.8) is 0 Å². The number of anilines is 2. The number of carbonyl (C=O) groups is 1. The molecule has 6 nitrogen and oxygen atoms in total. The van der Waals surface area contributed by atoms with Gasteiger partial charge in [-0.15, -0.1) is 0 Å². The molecular formula is C13H21N3O3S. The second-order valence-electron chi connectivity index (χ2n) is 4.93. The number of rotatable bonds is 5. The fourth-order valence-corrected chi connectivity index (χ4v) is 3.41. The van der Waals surface area contributed by atoms with E-state index < -0.39 is 5.97 Å². The third-order valence-corrected chi connectivity index (χ3v) is 4.45. The Morgan fingerprint density at radius 3 is 3.15 bits per heavy atom. The van der Waals surface area contributed by atoms with Crippen molar-refractivity contribution in [1.82, 2.24) is 4.37 Å². The van der Waals surface area contributed by atoms with Crippen molar-refractivity contribution in [2.75, 3.05) is 36.9 Å². The number of nitrogen functional groups attached to an aromatic ring is 1. The van der Waals surface area contributed by atoms with Gasteiger partial charge < -0.3 is 20.5 Å². The van der Waals surface area contributed by atoms with E-state index in [0.717, 1.165) is 37.4 Å². The molecule has 0 amide bonds. The minimum Gasteiger partial charge on any atom is -0.462 e. The first-order valence-corrected chi connectivity index (χ1v) is 7.72. The van der Waals surface area contributed by atoms with Crippen LogP contribution in [0.2, 0.25) is 0 Å². The first-order chi connectivity index (χ1) is 9.67. The number of nitrogens with two attached hydrogens (primary N) is 1. The van der Waals surface area contributed by atoms with E-state index in [1.807, 2.05) is 0 Å². The molecule has 1 unspecified atom stereocenters. The van der Waals surface area contributed by atoms with Gasteiger partial charge >= 0.3 is 5.97 Å². The zero-order chi connectivity index (χ0) is 14.5. The third kappa shape index (κ3) is 3.21. The average Bonchev–Trinajstić information content (AvgIpc) is 2.82. The van der Waals surface area contributed by atoms with Crippen LogP contribution < -0.4 is 10.6 Å². The molecule has 2 heterocycles. The molecule has 112 valence electrons. The van der Waals surface area contributed by atoms with E-state index in [9.17, 15) is 4.79 Å². The second-order valence-corrected chi connectivity index (χ2v) is 5.69. The van der Waals surface area contributed by atoms with Crippen molar-refractivity contribution in [2.24, 2.45) is 5.92 Å². The molecule has 1 aromatic rings. The van der Waals surface area contributed by atoms with E-state index in [0.29, 0.717) is 18.1 Å². The number of piperidine rings is 1. The number of carbonyl (C=O) groups excluding carboxylic acids is 1. The normalized spacial score (nSPS) is 19.1. The Bertz CT molecular complexity index is 462. The second kappa shape index (κ2) is 6.90. The molecule has 0 spiro atoms. The minimum atomic E-state index is -0.405. The predicted octanol–water partition coefficient (Wildman–Crippen LogP) is 1.50. The Morgan fingerprint density at radius 2 is 2.45 bits per heavy atom. The molecule has 0 radical (unpaired) electrons. The molecule has 20 heavy (non-hydrogen) atoms. The van der Waals surface area contributed by atoms with Crippen LogP contribution in [0.3, 0.4) is 0 Å². The molecule has 1 atom stereocenters. The van der Waals surface area contributed by atoms with Crippen molar-refractivity contribution < 1.29 is 14.6 Å². The van der Waals surface area contributed by atoms with Crippen LogP contribution >= 0.6 is 11.5 Å². The summed E-state index contributed by atoms with van der Waals surface area (Å²) in [4.78, 5) is 14.1. The molecular weight excluding hydrogens is 278 g/mol. The van der Waals surface area contributed by atoms with Crippen molar-refractivity contribution in [3.8, 4) is 0 Å². The monoisotopic (exact) mass is 299 g/mol. The highest BCUT2D eigenvalue weighted by atomic mass is 32.1. The van der Waals surface area contributed by atoms with Crippen LogP contribution in [0.4, 0.5) is 10.8 Å². The van der Waals surface area contributed by atoms with Crippen LogP contribution in [0.25, 0.3) is 0 Å². The smallest absolute Gasteiger partial charge is 0.345 e. The molecule has 1 aromatic heterocycles. The summed E-state index contributed by atoms with van der Waals surface area (Å²) in [6.45, 7) is 4.01. The van der Waals surface area contributed by atoms with E-state index in [1.165, 1.54) is 11.5 Å². The van der Waals surface area contributed by atoms with Crippen LogP contribution in [-0.2, 0) is 4.74 Å². The Balaban J connectivity index is 2.17. The number of hydrogen-bond acceptors (Lipinski definition) is 7. The SMILES string of the molecule is CCOC(=O)c1c(N)nsc1N1CCCC(CCO)C1. The molecule has 0 saturated carbocycles. The minimum absolute atomic E-state index is 0.202. The van der Waals surface area contributed by atoms with Crippen molar-refractivity contribution >= 4 is 28.3 Å². The lowest BCUT2D eigenvalue weighted by atomic mass is 9.95.